The van der Waals surface area contributed by atoms with Gasteiger partial charge in [0.1, 0.15) is 11.6 Å². The van der Waals surface area contributed by atoms with Gasteiger partial charge in [0.15, 0.2) is 11.6 Å². The first-order valence-electron chi connectivity index (χ1n) is 10.4. The molecule has 2 aromatic rings. The second kappa shape index (κ2) is 8.60. The van der Waals surface area contributed by atoms with Gasteiger partial charge in [-0.05, 0) is 37.3 Å². The lowest BCUT2D eigenvalue weighted by Crippen LogP contribution is -2.37. The molecule has 4 rings (SSSR count). The fourth-order valence-electron chi connectivity index (χ4n) is 4.25. The summed E-state index contributed by atoms with van der Waals surface area (Å²) >= 11 is 0. The highest BCUT2D eigenvalue weighted by molar-refractivity contribution is 5.75. The zero-order valence-electron chi connectivity index (χ0n) is 17.3. The van der Waals surface area contributed by atoms with Crippen molar-refractivity contribution in [2.45, 2.75) is 51.2 Å². The zero-order valence-corrected chi connectivity index (χ0v) is 17.3. The Morgan fingerprint density at radius 2 is 1.88 bits per heavy atom. The minimum atomic E-state index is -2.43. The Bertz CT molecular complexity index is 1040. The van der Waals surface area contributed by atoms with Crippen LogP contribution in [0.4, 0.5) is 27.6 Å². The molecule has 4 nitrogen and oxygen atoms in total. The maximum atomic E-state index is 14.9. The molecule has 1 fully saturated rings. The lowest BCUT2D eigenvalue weighted by Gasteiger charge is -2.35. The van der Waals surface area contributed by atoms with Gasteiger partial charge < -0.3 is 14.7 Å². The molecule has 2 aliphatic rings. The van der Waals surface area contributed by atoms with Crippen LogP contribution in [0.1, 0.15) is 42.4 Å². The van der Waals surface area contributed by atoms with Crippen molar-refractivity contribution < 1.29 is 36.6 Å². The van der Waals surface area contributed by atoms with E-state index in [1.807, 2.05) is 0 Å². The van der Waals surface area contributed by atoms with Crippen LogP contribution in [-0.2, 0) is 17.8 Å². The summed E-state index contributed by atoms with van der Waals surface area (Å²) in [5.41, 5.74) is 0.950. The Morgan fingerprint density at radius 1 is 1.16 bits per heavy atom. The molecular weight excluding hydrogens is 433 g/mol. The molecule has 1 saturated carbocycles. The average Bonchev–Trinajstić information content (AvgIpc) is 2.72. The molecule has 2 aromatic carbocycles. The molecule has 0 saturated heterocycles. The van der Waals surface area contributed by atoms with Gasteiger partial charge in [0.2, 0.25) is 6.43 Å². The van der Waals surface area contributed by atoms with E-state index in [1.54, 1.807) is 11.0 Å². The predicted molar refractivity (Wildman–Crippen MR) is 107 cm³/mol. The van der Waals surface area contributed by atoms with Crippen LogP contribution in [0.25, 0.3) is 0 Å². The number of halogens is 5. The zero-order chi connectivity index (χ0) is 23.2. The highest BCUT2D eigenvalue weighted by Gasteiger charge is 2.37. The number of fused-ring (bicyclic) bond motifs is 1. The molecule has 172 valence electrons. The molecule has 0 aromatic heterocycles. The van der Waals surface area contributed by atoms with Gasteiger partial charge in [0, 0.05) is 36.7 Å². The Kier molecular flexibility index (Phi) is 6.01. The van der Waals surface area contributed by atoms with Gasteiger partial charge >= 0.3 is 5.97 Å². The highest BCUT2D eigenvalue weighted by atomic mass is 19.3. The van der Waals surface area contributed by atoms with Gasteiger partial charge in [0.25, 0.3) is 0 Å². The van der Waals surface area contributed by atoms with Crippen LogP contribution in [0.3, 0.4) is 0 Å². The Labute approximate surface area is 181 Å². The molecular formula is C23H22F5NO3. The summed E-state index contributed by atoms with van der Waals surface area (Å²) in [4.78, 5) is 12.8. The topological polar surface area (TPSA) is 49.8 Å². The first-order valence-corrected chi connectivity index (χ1v) is 10.4. The minimum absolute atomic E-state index is 0.0548. The van der Waals surface area contributed by atoms with E-state index >= 15 is 0 Å². The maximum Gasteiger partial charge on any atom is 0.310 e. The lowest BCUT2D eigenvalue weighted by atomic mass is 9.82. The second-order valence-electron chi connectivity index (χ2n) is 8.38. The number of rotatable bonds is 6. The summed E-state index contributed by atoms with van der Waals surface area (Å²) in [6.07, 6.45) is -2.41. The van der Waals surface area contributed by atoms with Crippen molar-refractivity contribution in [3.05, 3.63) is 58.4 Å². The van der Waals surface area contributed by atoms with E-state index in [9.17, 15) is 26.7 Å². The molecule has 0 amide bonds. The van der Waals surface area contributed by atoms with Gasteiger partial charge in [-0.1, -0.05) is 12.1 Å². The van der Waals surface area contributed by atoms with Crippen LogP contribution in [0.5, 0.6) is 5.75 Å². The first-order chi connectivity index (χ1) is 15.2. The molecule has 1 atom stereocenters. The van der Waals surface area contributed by atoms with E-state index in [0.29, 0.717) is 11.1 Å². The van der Waals surface area contributed by atoms with Crippen molar-refractivity contribution in [2.24, 2.45) is 5.92 Å². The van der Waals surface area contributed by atoms with Gasteiger partial charge in [-0.25, -0.2) is 22.0 Å². The van der Waals surface area contributed by atoms with E-state index in [-0.39, 0.29) is 49.4 Å². The van der Waals surface area contributed by atoms with Gasteiger partial charge in [0.05, 0.1) is 17.7 Å². The summed E-state index contributed by atoms with van der Waals surface area (Å²) in [7, 11) is 0. The summed E-state index contributed by atoms with van der Waals surface area (Å²) in [5.74, 6) is -5.61. The molecule has 1 heterocycles. The molecule has 1 aliphatic heterocycles. The van der Waals surface area contributed by atoms with E-state index < -0.39 is 47.8 Å². The van der Waals surface area contributed by atoms with Crippen molar-refractivity contribution in [3.63, 3.8) is 0 Å². The van der Waals surface area contributed by atoms with Crippen molar-refractivity contribution >= 4 is 11.7 Å². The van der Waals surface area contributed by atoms with Gasteiger partial charge in [-0.2, -0.15) is 0 Å². The van der Waals surface area contributed by atoms with Crippen molar-refractivity contribution in [3.8, 4) is 5.75 Å². The number of ether oxygens (including phenoxy) is 1. The fraction of sp³-hybridized carbons (Fsp3) is 0.435. The number of carboxylic acids is 1. The minimum Gasteiger partial charge on any atom is -0.490 e. The van der Waals surface area contributed by atoms with Crippen LogP contribution < -0.4 is 9.64 Å². The molecule has 0 spiro atoms. The highest BCUT2D eigenvalue weighted by Crippen LogP contribution is 2.38. The largest absolute Gasteiger partial charge is 0.490 e. The van der Waals surface area contributed by atoms with Crippen LogP contribution in [0.2, 0.25) is 0 Å². The SMILES string of the molecule is CC(C(=O)O)c1ccc2c(c1F)CCN(c1cc(OC3CC(C(F)F)C3)cc(F)c1F)C2. The average molecular weight is 455 g/mol. The number of hydrogen-bond donors (Lipinski definition) is 1. The van der Waals surface area contributed by atoms with Crippen molar-refractivity contribution in [1.29, 1.82) is 0 Å². The standard InChI is InChI=1S/C23H22F5NO3/c1-11(23(30)31)16-3-2-12-10-29(5-4-17(12)20(16)25)19-9-15(8-18(24)21(19)26)32-14-6-13(7-14)22(27)28/h2-3,8-9,11,13-14,22H,4-7,10H2,1H3,(H,30,31). The molecule has 0 bridgehead atoms. The molecule has 1 N–H and O–H groups in total. The Hall–Kier alpha value is -2.84. The predicted octanol–water partition coefficient (Wildman–Crippen LogP) is 5.28. The van der Waals surface area contributed by atoms with E-state index in [2.05, 4.69) is 0 Å². The van der Waals surface area contributed by atoms with E-state index in [1.165, 1.54) is 19.1 Å². The fourth-order valence-corrected chi connectivity index (χ4v) is 4.25. The van der Waals surface area contributed by atoms with Crippen molar-refractivity contribution in [1.82, 2.24) is 0 Å². The van der Waals surface area contributed by atoms with E-state index in [0.717, 1.165) is 6.07 Å². The Morgan fingerprint density at radius 3 is 2.53 bits per heavy atom. The van der Waals surface area contributed by atoms with Crippen LogP contribution in [-0.4, -0.2) is 30.2 Å². The van der Waals surface area contributed by atoms with Crippen LogP contribution in [0, 0.1) is 23.4 Å². The van der Waals surface area contributed by atoms with Crippen molar-refractivity contribution in [2.75, 3.05) is 11.4 Å². The number of nitrogens with zero attached hydrogens (tertiary/aromatic N) is 1. The number of benzene rings is 2. The number of carboxylic acid groups (broad SMARTS) is 1. The summed E-state index contributed by atoms with van der Waals surface area (Å²) in [6, 6.07) is 5.23. The third kappa shape index (κ3) is 4.12. The van der Waals surface area contributed by atoms with E-state index in [4.69, 9.17) is 9.84 Å². The summed E-state index contributed by atoms with van der Waals surface area (Å²) in [5, 5.41) is 9.16. The first kappa shape index (κ1) is 22.4. The molecule has 32 heavy (non-hydrogen) atoms. The third-order valence-corrected chi connectivity index (χ3v) is 6.31. The normalized spacial score (nSPS) is 21.2. The lowest BCUT2D eigenvalue weighted by molar-refractivity contribution is -0.138. The molecule has 1 unspecified atom stereocenters. The van der Waals surface area contributed by atoms with Gasteiger partial charge in [-0.15, -0.1) is 0 Å². The monoisotopic (exact) mass is 455 g/mol. The molecule has 1 aliphatic carbocycles. The third-order valence-electron chi connectivity index (χ3n) is 6.31. The molecule has 0 radical (unpaired) electrons. The van der Waals surface area contributed by atoms with Crippen LogP contribution in [0.15, 0.2) is 24.3 Å². The summed E-state index contributed by atoms with van der Waals surface area (Å²) < 4.78 is 74.6. The summed E-state index contributed by atoms with van der Waals surface area (Å²) in [6.45, 7) is 1.69. The maximum absolute atomic E-state index is 14.9. The number of aliphatic carboxylic acids is 1. The second-order valence-corrected chi connectivity index (χ2v) is 8.38. The van der Waals surface area contributed by atoms with Crippen LogP contribution >= 0.6 is 0 Å². The number of carbonyl (C=O) groups is 1. The molecule has 9 heteroatoms. The van der Waals surface area contributed by atoms with Gasteiger partial charge in [-0.3, -0.25) is 4.79 Å². The number of alkyl halides is 2. The smallest absolute Gasteiger partial charge is 0.310 e. The quantitative estimate of drug-likeness (QED) is 0.603. The number of hydrogen-bond acceptors (Lipinski definition) is 3. The Balaban J connectivity index is 1.55. The number of anilines is 1.